The Balaban J connectivity index is 3.03. The minimum absolute atomic E-state index is 0.0708. The maximum Gasteiger partial charge on any atom is 0.325 e. The lowest BCUT2D eigenvalue weighted by Gasteiger charge is -2.47. The van der Waals surface area contributed by atoms with Gasteiger partial charge in [-0.25, -0.2) is 0 Å². The Morgan fingerprint density at radius 1 is 0.722 bits per heavy atom. The predicted molar refractivity (Wildman–Crippen MR) is 133 cm³/mol. The van der Waals surface area contributed by atoms with Crippen LogP contribution in [0.1, 0.15) is 59.9 Å². The zero-order chi connectivity index (χ0) is 26.9. The number of allylic oxidation sites excluding steroid dienone is 4. The van der Waals surface area contributed by atoms with Gasteiger partial charge in [-0.15, -0.1) is 0 Å². The number of carbonyl (C=O) groups excluding carboxylic acids is 4. The maximum atomic E-state index is 13.8. The Morgan fingerprint density at radius 3 is 1.47 bits per heavy atom. The summed E-state index contributed by atoms with van der Waals surface area (Å²) in [6.07, 6.45) is 1.18. The van der Waals surface area contributed by atoms with Gasteiger partial charge in [0, 0.05) is 12.8 Å². The average Bonchev–Trinajstić information content (AvgIpc) is 2.88. The highest BCUT2D eigenvalue weighted by molar-refractivity contribution is 6.16. The molecule has 1 aromatic rings. The smallest absolute Gasteiger partial charge is 0.325 e. The first-order valence-electron chi connectivity index (χ1n) is 12.3. The van der Waals surface area contributed by atoms with Crippen LogP contribution in [0.2, 0.25) is 0 Å². The molecule has 0 radical (unpaired) electrons. The third kappa shape index (κ3) is 4.94. The molecule has 0 amide bonds. The Kier molecular flexibility index (Phi) is 10.0. The van der Waals surface area contributed by atoms with Crippen molar-refractivity contribution in [3.63, 3.8) is 0 Å². The lowest BCUT2D eigenvalue weighted by Crippen LogP contribution is -2.64. The van der Waals surface area contributed by atoms with Crippen LogP contribution < -0.4 is 0 Å². The zero-order valence-corrected chi connectivity index (χ0v) is 22.0. The van der Waals surface area contributed by atoms with Gasteiger partial charge in [-0.1, -0.05) is 36.4 Å². The summed E-state index contributed by atoms with van der Waals surface area (Å²) in [5.41, 5.74) is -1.75. The third-order valence-corrected chi connectivity index (χ3v) is 6.52. The molecule has 1 aliphatic rings. The number of esters is 4. The van der Waals surface area contributed by atoms with Crippen LogP contribution in [-0.4, -0.2) is 50.3 Å². The van der Waals surface area contributed by atoms with Gasteiger partial charge >= 0.3 is 23.9 Å². The fourth-order valence-electron chi connectivity index (χ4n) is 4.75. The van der Waals surface area contributed by atoms with Gasteiger partial charge in [0.15, 0.2) is 10.8 Å². The van der Waals surface area contributed by atoms with Crippen molar-refractivity contribution in [2.75, 3.05) is 26.4 Å². The van der Waals surface area contributed by atoms with E-state index in [0.717, 1.165) is 11.1 Å². The van der Waals surface area contributed by atoms with E-state index >= 15 is 0 Å². The van der Waals surface area contributed by atoms with Crippen molar-refractivity contribution < 1.29 is 38.1 Å². The Hall–Kier alpha value is -3.42. The van der Waals surface area contributed by atoms with Gasteiger partial charge in [-0.2, -0.15) is 0 Å². The standard InChI is InChI=1S/C28H36O8/c1-7-20-17-27(23(29)33-8-2,24(30)34-9-3)28(25(31)35-10-4,26(32)36-11-5)18-22(20)19(6)21-15-13-12-14-16-21/h7,12-16H,8-11,17-18H2,1-6H3/b20-7+,22-19-. The van der Waals surface area contributed by atoms with E-state index < -0.39 is 34.7 Å². The van der Waals surface area contributed by atoms with Gasteiger partial charge in [-0.3, -0.25) is 19.2 Å². The molecule has 0 N–H and O–H groups in total. The molecule has 0 unspecified atom stereocenters. The van der Waals surface area contributed by atoms with Crippen molar-refractivity contribution >= 4 is 29.5 Å². The van der Waals surface area contributed by atoms with E-state index in [1.54, 1.807) is 40.7 Å². The number of benzene rings is 1. The maximum absolute atomic E-state index is 13.8. The van der Waals surface area contributed by atoms with Gasteiger partial charge in [0.05, 0.1) is 26.4 Å². The van der Waals surface area contributed by atoms with Crippen molar-refractivity contribution in [1.82, 2.24) is 0 Å². The van der Waals surface area contributed by atoms with Crippen molar-refractivity contribution in [3.05, 3.63) is 53.1 Å². The number of hydrogen-bond donors (Lipinski definition) is 0. The van der Waals surface area contributed by atoms with Crippen LogP contribution in [-0.2, 0) is 38.1 Å². The van der Waals surface area contributed by atoms with Crippen LogP contribution in [0.25, 0.3) is 5.57 Å². The molecule has 0 atom stereocenters. The van der Waals surface area contributed by atoms with Crippen LogP contribution in [0.15, 0.2) is 47.6 Å². The molecule has 1 aliphatic carbocycles. The summed E-state index contributed by atoms with van der Waals surface area (Å²) in [7, 11) is 0. The summed E-state index contributed by atoms with van der Waals surface area (Å²) in [6, 6.07) is 9.45. The molecule has 0 saturated heterocycles. The summed E-state index contributed by atoms with van der Waals surface area (Å²) in [5.74, 6) is -4.11. The molecule has 1 saturated carbocycles. The quantitative estimate of drug-likeness (QED) is 0.279. The van der Waals surface area contributed by atoms with E-state index in [1.807, 2.05) is 37.3 Å². The summed E-state index contributed by atoms with van der Waals surface area (Å²) >= 11 is 0. The van der Waals surface area contributed by atoms with Crippen LogP contribution >= 0.6 is 0 Å². The molecule has 1 aromatic carbocycles. The second-order valence-electron chi connectivity index (χ2n) is 8.33. The lowest BCUT2D eigenvalue weighted by atomic mass is 9.52. The van der Waals surface area contributed by atoms with Gasteiger partial charge in [-0.05, 0) is 63.8 Å². The second kappa shape index (κ2) is 12.5. The fraction of sp³-hybridized carbons (Fsp3) is 0.500. The average molecular weight is 501 g/mol. The Morgan fingerprint density at radius 2 is 1.11 bits per heavy atom. The molecule has 36 heavy (non-hydrogen) atoms. The minimum Gasteiger partial charge on any atom is -0.465 e. The fourth-order valence-corrected chi connectivity index (χ4v) is 4.75. The molecular formula is C28H36O8. The summed E-state index contributed by atoms with van der Waals surface area (Å²) < 4.78 is 21.4. The van der Waals surface area contributed by atoms with E-state index in [1.165, 1.54) is 0 Å². The van der Waals surface area contributed by atoms with E-state index in [4.69, 9.17) is 18.9 Å². The Bertz CT molecular complexity index is 999. The van der Waals surface area contributed by atoms with E-state index in [0.29, 0.717) is 11.1 Å². The van der Waals surface area contributed by atoms with Crippen molar-refractivity contribution in [3.8, 4) is 0 Å². The molecule has 8 nitrogen and oxygen atoms in total. The van der Waals surface area contributed by atoms with E-state index in [-0.39, 0.29) is 39.3 Å². The summed E-state index contributed by atoms with van der Waals surface area (Å²) in [4.78, 5) is 55.0. The SMILES string of the molecule is C/C=C1\CC(C(=O)OCC)(C(=O)OCC)C(C(=O)OCC)(C(=O)OCC)C\C1=C(/C)c1ccccc1. The predicted octanol–water partition coefficient (Wildman–Crippen LogP) is 4.43. The highest BCUT2D eigenvalue weighted by atomic mass is 16.6. The van der Waals surface area contributed by atoms with Gasteiger partial charge in [0.2, 0.25) is 0 Å². The molecule has 0 bridgehead atoms. The molecule has 1 fully saturated rings. The topological polar surface area (TPSA) is 105 Å². The summed E-state index contributed by atoms with van der Waals surface area (Å²) in [6.45, 7) is 9.68. The number of ether oxygens (including phenoxy) is 4. The minimum atomic E-state index is -2.35. The first-order valence-corrected chi connectivity index (χ1v) is 12.3. The lowest BCUT2D eigenvalue weighted by molar-refractivity contribution is -0.204. The van der Waals surface area contributed by atoms with Crippen molar-refractivity contribution in [1.29, 1.82) is 0 Å². The Labute approximate surface area is 212 Å². The molecule has 2 rings (SSSR count). The molecule has 0 aromatic heterocycles. The summed E-state index contributed by atoms with van der Waals surface area (Å²) in [5, 5.41) is 0. The largest absolute Gasteiger partial charge is 0.465 e. The number of carbonyl (C=O) groups is 4. The van der Waals surface area contributed by atoms with Gasteiger partial charge < -0.3 is 18.9 Å². The van der Waals surface area contributed by atoms with E-state index in [2.05, 4.69) is 0 Å². The first kappa shape index (κ1) is 28.8. The molecular weight excluding hydrogens is 464 g/mol. The van der Waals surface area contributed by atoms with Crippen LogP contribution in [0, 0.1) is 10.8 Å². The normalized spacial score (nSPS) is 18.7. The molecule has 0 heterocycles. The monoisotopic (exact) mass is 500 g/mol. The van der Waals surface area contributed by atoms with Gasteiger partial charge in [0.1, 0.15) is 0 Å². The van der Waals surface area contributed by atoms with Crippen molar-refractivity contribution in [2.24, 2.45) is 10.8 Å². The third-order valence-electron chi connectivity index (χ3n) is 6.52. The van der Waals surface area contributed by atoms with E-state index in [9.17, 15) is 19.2 Å². The molecule has 0 spiro atoms. The zero-order valence-electron chi connectivity index (χ0n) is 22.0. The number of hydrogen-bond acceptors (Lipinski definition) is 8. The molecule has 8 heteroatoms. The highest BCUT2D eigenvalue weighted by Gasteiger charge is 2.75. The highest BCUT2D eigenvalue weighted by Crippen LogP contribution is 2.58. The van der Waals surface area contributed by atoms with Crippen LogP contribution in [0.5, 0.6) is 0 Å². The van der Waals surface area contributed by atoms with Crippen LogP contribution in [0.3, 0.4) is 0 Å². The van der Waals surface area contributed by atoms with Crippen LogP contribution in [0.4, 0.5) is 0 Å². The molecule has 196 valence electrons. The first-order chi connectivity index (χ1) is 17.2. The van der Waals surface area contributed by atoms with Crippen molar-refractivity contribution in [2.45, 2.75) is 54.4 Å². The number of rotatable bonds is 9. The van der Waals surface area contributed by atoms with Gasteiger partial charge in [0.25, 0.3) is 0 Å². The molecule has 0 aliphatic heterocycles. The second-order valence-corrected chi connectivity index (χ2v) is 8.33.